The standard InChI is InChI=1S/C31H26FN7O/c32-21-8-4-7-19(13-21)23-11-12-34-30-24(23)15-27(37-30)29-28-26(38-39-29)10-9-25(36-28)20-14-22(17-33-16-20)35-31(40)18-5-2-1-3-6-18/h4,7-18H,1-3,5-6H2,(H,34,37)(H,35,40)(H,38,39). The van der Waals surface area contributed by atoms with Crippen LogP contribution < -0.4 is 5.32 Å². The number of H-pyrrole nitrogens is 2. The predicted octanol–water partition coefficient (Wildman–Crippen LogP) is 6.89. The maximum absolute atomic E-state index is 13.9. The number of aromatic amines is 2. The molecule has 5 aromatic heterocycles. The number of hydrogen-bond acceptors (Lipinski definition) is 5. The third-order valence-corrected chi connectivity index (χ3v) is 7.61. The molecule has 8 nitrogen and oxygen atoms in total. The molecule has 7 rings (SSSR count). The van der Waals surface area contributed by atoms with Crippen LogP contribution in [0.1, 0.15) is 32.1 Å². The highest BCUT2D eigenvalue weighted by Gasteiger charge is 2.21. The molecule has 40 heavy (non-hydrogen) atoms. The van der Waals surface area contributed by atoms with E-state index in [1.54, 1.807) is 24.7 Å². The Labute approximate surface area is 229 Å². The summed E-state index contributed by atoms with van der Waals surface area (Å²) in [5.74, 6) is -0.169. The number of halogens is 1. The molecule has 0 aliphatic heterocycles. The fraction of sp³-hybridized carbons (Fsp3) is 0.194. The lowest BCUT2D eigenvalue weighted by Crippen LogP contribution is -2.24. The van der Waals surface area contributed by atoms with Gasteiger partial charge in [0.25, 0.3) is 0 Å². The van der Waals surface area contributed by atoms with Crippen LogP contribution in [0, 0.1) is 11.7 Å². The van der Waals surface area contributed by atoms with Crippen molar-refractivity contribution in [2.24, 2.45) is 5.92 Å². The lowest BCUT2D eigenvalue weighted by Gasteiger charge is -2.20. The molecule has 5 heterocycles. The van der Waals surface area contributed by atoms with Crippen molar-refractivity contribution in [1.29, 1.82) is 0 Å². The van der Waals surface area contributed by atoms with Gasteiger partial charge >= 0.3 is 0 Å². The molecular weight excluding hydrogens is 505 g/mol. The molecule has 0 atom stereocenters. The SMILES string of the molecule is O=C(Nc1cncc(-c2ccc3[nH]nc(-c4cc5c(-c6cccc(F)c6)ccnc5[nH]4)c3n2)c1)C1CCCCC1. The first kappa shape index (κ1) is 24.1. The predicted molar refractivity (Wildman–Crippen MR) is 153 cm³/mol. The molecule has 1 aliphatic carbocycles. The second kappa shape index (κ2) is 10.00. The van der Waals surface area contributed by atoms with Gasteiger partial charge < -0.3 is 10.3 Å². The second-order valence-electron chi connectivity index (χ2n) is 10.3. The fourth-order valence-corrected chi connectivity index (χ4v) is 5.57. The maximum Gasteiger partial charge on any atom is 0.227 e. The van der Waals surface area contributed by atoms with Crippen LogP contribution in [0.3, 0.4) is 0 Å². The quantitative estimate of drug-likeness (QED) is 0.224. The van der Waals surface area contributed by atoms with E-state index in [0.717, 1.165) is 59.0 Å². The van der Waals surface area contributed by atoms with Crippen molar-refractivity contribution in [2.45, 2.75) is 32.1 Å². The normalized spacial score (nSPS) is 14.1. The van der Waals surface area contributed by atoms with Crippen molar-refractivity contribution in [3.8, 4) is 33.8 Å². The molecule has 1 saturated carbocycles. The van der Waals surface area contributed by atoms with Crippen LogP contribution in [0.15, 0.2) is 73.2 Å². The number of hydrogen-bond donors (Lipinski definition) is 3. The first-order valence-electron chi connectivity index (χ1n) is 13.5. The number of carbonyl (C=O) groups excluding carboxylic acids is 1. The Bertz CT molecular complexity index is 1870. The van der Waals surface area contributed by atoms with E-state index in [0.29, 0.717) is 28.2 Å². The van der Waals surface area contributed by atoms with Gasteiger partial charge in [0.15, 0.2) is 0 Å². The molecule has 1 aromatic carbocycles. The molecule has 3 N–H and O–H groups in total. The Hall–Kier alpha value is -4.92. The summed E-state index contributed by atoms with van der Waals surface area (Å²) >= 11 is 0. The number of nitrogens with one attached hydrogen (secondary N) is 3. The van der Waals surface area contributed by atoms with Crippen LogP contribution in [0.4, 0.5) is 10.1 Å². The van der Waals surface area contributed by atoms with Gasteiger partial charge in [0.2, 0.25) is 5.91 Å². The highest BCUT2D eigenvalue weighted by molar-refractivity contribution is 5.99. The molecule has 1 fully saturated rings. The Kier molecular flexibility index (Phi) is 6.03. The Balaban J connectivity index is 1.23. The van der Waals surface area contributed by atoms with Gasteiger partial charge in [0, 0.05) is 29.3 Å². The van der Waals surface area contributed by atoms with Crippen molar-refractivity contribution >= 4 is 33.7 Å². The summed E-state index contributed by atoms with van der Waals surface area (Å²) in [6.07, 6.45) is 10.4. The van der Waals surface area contributed by atoms with E-state index in [1.807, 2.05) is 36.4 Å². The Morgan fingerprint density at radius 3 is 2.75 bits per heavy atom. The van der Waals surface area contributed by atoms with Gasteiger partial charge in [-0.25, -0.2) is 14.4 Å². The summed E-state index contributed by atoms with van der Waals surface area (Å²) in [5.41, 5.74) is 7.35. The molecule has 6 aromatic rings. The third-order valence-electron chi connectivity index (χ3n) is 7.61. The van der Waals surface area contributed by atoms with Gasteiger partial charge in [-0.3, -0.25) is 14.9 Å². The van der Waals surface area contributed by atoms with E-state index in [1.165, 1.54) is 18.6 Å². The van der Waals surface area contributed by atoms with Crippen LogP contribution in [0.5, 0.6) is 0 Å². The summed E-state index contributed by atoms with van der Waals surface area (Å²) in [7, 11) is 0. The van der Waals surface area contributed by atoms with Crippen molar-refractivity contribution in [1.82, 2.24) is 30.1 Å². The van der Waals surface area contributed by atoms with Crippen LogP contribution in [-0.4, -0.2) is 36.0 Å². The molecule has 198 valence electrons. The van der Waals surface area contributed by atoms with Gasteiger partial charge in [-0.05, 0) is 66.4 Å². The first-order chi connectivity index (χ1) is 19.6. The van der Waals surface area contributed by atoms with Crippen LogP contribution in [0.2, 0.25) is 0 Å². The van der Waals surface area contributed by atoms with E-state index >= 15 is 0 Å². The number of carbonyl (C=O) groups is 1. The smallest absolute Gasteiger partial charge is 0.227 e. The van der Waals surface area contributed by atoms with E-state index in [4.69, 9.17) is 4.98 Å². The minimum absolute atomic E-state index is 0.0595. The summed E-state index contributed by atoms with van der Waals surface area (Å²) in [5, 5.41) is 11.5. The average molecular weight is 532 g/mol. The average Bonchev–Trinajstić information content (AvgIpc) is 3.61. The summed E-state index contributed by atoms with van der Waals surface area (Å²) in [6, 6.07) is 16.1. The van der Waals surface area contributed by atoms with Crippen molar-refractivity contribution in [2.75, 3.05) is 5.32 Å². The topological polar surface area (TPSA) is 112 Å². The number of pyridine rings is 3. The summed E-state index contributed by atoms with van der Waals surface area (Å²) in [6.45, 7) is 0. The monoisotopic (exact) mass is 531 g/mol. The van der Waals surface area contributed by atoms with Crippen molar-refractivity contribution < 1.29 is 9.18 Å². The summed E-state index contributed by atoms with van der Waals surface area (Å²) in [4.78, 5) is 29.9. The number of rotatable bonds is 5. The zero-order chi connectivity index (χ0) is 27.1. The third kappa shape index (κ3) is 4.49. The number of benzene rings is 1. The molecule has 1 amide bonds. The Morgan fingerprint density at radius 1 is 0.975 bits per heavy atom. The molecule has 0 unspecified atom stereocenters. The number of aromatic nitrogens is 6. The molecule has 0 saturated heterocycles. The lowest BCUT2D eigenvalue weighted by atomic mass is 9.88. The number of nitrogens with zero attached hydrogens (tertiary/aromatic N) is 4. The van der Waals surface area contributed by atoms with Crippen molar-refractivity contribution in [3.05, 3.63) is 79.0 Å². The maximum atomic E-state index is 13.9. The molecule has 9 heteroatoms. The fourth-order valence-electron chi connectivity index (χ4n) is 5.57. The van der Waals surface area contributed by atoms with Gasteiger partial charge in [-0.1, -0.05) is 31.4 Å². The number of anilines is 1. The second-order valence-corrected chi connectivity index (χ2v) is 10.3. The van der Waals surface area contributed by atoms with Gasteiger partial charge in [-0.2, -0.15) is 5.10 Å². The molecule has 0 radical (unpaired) electrons. The van der Waals surface area contributed by atoms with Crippen molar-refractivity contribution in [3.63, 3.8) is 0 Å². The lowest BCUT2D eigenvalue weighted by molar-refractivity contribution is -0.120. The zero-order valence-corrected chi connectivity index (χ0v) is 21.6. The number of fused-ring (bicyclic) bond motifs is 2. The molecule has 0 bridgehead atoms. The van der Waals surface area contributed by atoms with Gasteiger partial charge in [0.1, 0.15) is 22.7 Å². The minimum Gasteiger partial charge on any atom is -0.338 e. The highest BCUT2D eigenvalue weighted by Crippen LogP contribution is 2.34. The van der Waals surface area contributed by atoms with E-state index in [9.17, 15) is 9.18 Å². The Morgan fingerprint density at radius 2 is 1.88 bits per heavy atom. The molecule has 0 spiro atoms. The summed E-state index contributed by atoms with van der Waals surface area (Å²) < 4.78 is 13.9. The molecule has 1 aliphatic rings. The van der Waals surface area contributed by atoms with Crippen LogP contribution >= 0.6 is 0 Å². The van der Waals surface area contributed by atoms with E-state index in [2.05, 4.69) is 30.5 Å². The van der Waals surface area contributed by atoms with E-state index < -0.39 is 0 Å². The zero-order valence-electron chi connectivity index (χ0n) is 21.6. The van der Waals surface area contributed by atoms with Gasteiger partial charge in [0.05, 0.1) is 28.8 Å². The number of amides is 1. The van der Waals surface area contributed by atoms with Crippen LogP contribution in [0.25, 0.3) is 55.8 Å². The van der Waals surface area contributed by atoms with E-state index in [-0.39, 0.29) is 17.6 Å². The molecular formula is C31H26FN7O. The van der Waals surface area contributed by atoms with Gasteiger partial charge in [-0.15, -0.1) is 0 Å². The highest BCUT2D eigenvalue weighted by atomic mass is 19.1. The minimum atomic E-state index is -0.291. The first-order valence-corrected chi connectivity index (χ1v) is 13.5. The van der Waals surface area contributed by atoms with Crippen LogP contribution in [-0.2, 0) is 4.79 Å². The largest absolute Gasteiger partial charge is 0.338 e.